The third-order valence-corrected chi connectivity index (χ3v) is 5.54. The quantitative estimate of drug-likeness (QED) is 0.775. The third kappa shape index (κ3) is 2.07. The van der Waals surface area contributed by atoms with Gasteiger partial charge in [0.25, 0.3) is 0 Å². The number of benzene rings is 1. The molecule has 2 aliphatic heterocycles. The molecule has 1 aromatic rings. The van der Waals surface area contributed by atoms with Crippen LogP contribution in [0.4, 0.5) is 18.9 Å². The number of amides is 1. The van der Waals surface area contributed by atoms with Crippen LogP contribution < -0.4 is 4.90 Å². The summed E-state index contributed by atoms with van der Waals surface area (Å²) in [7, 11) is -3.96. The molecule has 0 saturated heterocycles. The number of hydrogen-bond donors (Lipinski definition) is 0. The summed E-state index contributed by atoms with van der Waals surface area (Å²) in [5, 5.41) is 0. The average Bonchev–Trinajstić information content (AvgIpc) is 2.69. The summed E-state index contributed by atoms with van der Waals surface area (Å²) in [6.45, 7) is 1.85. The van der Waals surface area contributed by atoms with E-state index in [1.807, 2.05) is 6.92 Å². The molecule has 128 valence electrons. The first-order valence-corrected chi connectivity index (χ1v) is 8.32. The van der Waals surface area contributed by atoms with Crippen LogP contribution in [-0.4, -0.2) is 31.2 Å². The SMILES string of the molecule is Cc1ccc2c(c1)N(C)C(=O)C21C=CN(S(=O)(=O)C(F)(F)F)C=C1. The highest BCUT2D eigenvalue weighted by Crippen LogP contribution is 2.45. The number of fused-ring (bicyclic) bond motifs is 2. The van der Waals surface area contributed by atoms with E-state index in [1.54, 1.807) is 25.2 Å². The second-order valence-electron chi connectivity index (χ2n) is 5.67. The Morgan fingerprint density at radius 2 is 1.71 bits per heavy atom. The van der Waals surface area contributed by atoms with Gasteiger partial charge in [-0.15, -0.1) is 0 Å². The van der Waals surface area contributed by atoms with Gasteiger partial charge in [-0.1, -0.05) is 12.1 Å². The topological polar surface area (TPSA) is 57.7 Å². The van der Waals surface area contributed by atoms with E-state index in [4.69, 9.17) is 0 Å². The van der Waals surface area contributed by atoms with Crippen molar-refractivity contribution in [1.82, 2.24) is 4.31 Å². The molecule has 1 amide bonds. The normalized spacial score (nSPS) is 19.3. The smallest absolute Gasteiger partial charge is 0.314 e. The number of carbonyl (C=O) groups excluding carboxylic acids is 1. The Balaban J connectivity index is 2.07. The van der Waals surface area contributed by atoms with E-state index in [2.05, 4.69) is 0 Å². The molecule has 9 heteroatoms. The van der Waals surface area contributed by atoms with Gasteiger partial charge >= 0.3 is 15.5 Å². The predicted octanol–water partition coefficient (Wildman–Crippen LogP) is 2.40. The van der Waals surface area contributed by atoms with Gasteiger partial charge in [0.15, 0.2) is 0 Å². The van der Waals surface area contributed by atoms with E-state index >= 15 is 0 Å². The summed E-state index contributed by atoms with van der Waals surface area (Å²) in [5.41, 5.74) is -4.55. The molecule has 0 aromatic heterocycles. The first kappa shape index (κ1) is 16.6. The molecule has 0 unspecified atom stereocenters. The van der Waals surface area contributed by atoms with Gasteiger partial charge in [0.1, 0.15) is 5.41 Å². The van der Waals surface area contributed by atoms with Crippen molar-refractivity contribution < 1.29 is 26.4 Å². The summed E-state index contributed by atoms with van der Waals surface area (Å²) in [5.74, 6) is -0.361. The Morgan fingerprint density at radius 3 is 2.25 bits per heavy atom. The van der Waals surface area contributed by atoms with E-state index in [0.29, 0.717) is 11.3 Å². The minimum absolute atomic E-state index is 0.0672. The number of likely N-dealkylation sites (N-methyl/N-ethyl adjacent to an activating group) is 1. The van der Waals surface area contributed by atoms with Crippen LogP contribution in [0.3, 0.4) is 0 Å². The lowest BCUT2D eigenvalue weighted by Gasteiger charge is -2.28. The van der Waals surface area contributed by atoms with Gasteiger partial charge in [0.05, 0.1) is 0 Å². The molecule has 1 spiro atoms. The summed E-state index contributed by atoms with van der Waals surface area (Å²) in [6.07, 6.45) is 3.89. The fourth-order valence-corrected chi connectivity index (χ4v) is 3.54. The van der Waals surface area contributed by atoms with Crippen molar-refractivity contribution in [2.24, 2.45) is 0 Å². The minimum atomic E-state index is -5.53. The molecule has 24 heavy (non-hydrogen) atoms. The summed E-state index contributed by atoms with van der Waals surface area (Å²) in [4.78, 5) is 14.0. The van der Waals surface area contributed by atoms with Gasteiger partial charge in [-0.2, -0.15) is 21.6 Å². The molecule has 2 aliphatic rings. The van der Waals surface area contributed by atoms with Crippen LogP contribution in [0, 0.1) is 6.92 Å². The molecule has 0 radical (unpaired) electrons. The van der Waals surface area contributed by atoms with Crippen LogP contribution in [0.5, 0.6) is 0 Å². The van der Waals surface area contributed by atoms with Gasteiger partial charge in [-0.05, 0) is 36.3 Å². The van der Waals surface area contributed by atoms with Crippen LogP contribution in [0.1, 0.15) is 11.1 Å². The van der Waals surface area contributed by atoms with Gasteiger partial charge < -0.3 is 4.90 Å². The van der Waals surface area contributed by atoms with Crippen molar-refractivity contribution in [2.45, 2.75) is 17.8 Å². The summed E-state index contributed by atoms with van der Waals surface area (Å²) in [6, 6.07) is 5.30. The number of hydrogen-bond acceptors (Lipinski definition) is 3. The Bertz CT molecular complexity index is 874. The van der Waals surface area contributed by atoms with Crippen molar-refractivity contribution in [3.63, 3.8) is 0 Å². The van der Waals surface area contributed by atoms with Crippen molar-refractivity contribution in [3.05, 3.63) is 53.9 Å². The fourth-order valence-electron chi connectivity index (χ4n) is 2.86. The third-order valence-electron chi connectivity index (χ3n) is 4.16. The highest BCUT2D eigenvalue weighted by Gasteiger charge is 2.52. The average molecular weight is 358 g/mol. The number of alkyl halides is 3. The molecular weight excluding hydrogens is 345 g/mol. The maximum Gasteiger partial charge on any atom is 0.517 e. The molecule has 2 heterocycles. The molecule has 5 nitrogen and oxygen atoms in total. The molecule has 0 fully saturated rings. The number of sulfonamides is 1. The van der Waals surface area contributed by atoms with Crippen LogP contribution in [0.2, 0.25) is 0 Å². The van der Waals surface area contributed by atoms with Crippen molar-refractivity contribution in [1.29, 1.82) is 0 Å². The number of anilines is 1. The highest BCUT2D eigenvalue weighted by molar-refractivity contribution is 7.90. The fraction of sp³-hybridized carbons (Fsp3) is 0.267. The van der Waals surface area contributed by atoms with Gasteiger partial charge in [0.2, 0.25) is 5.91 Å². The zero-order chi connectivity index (χ0) is 17.9. The standard InChI is InChI=1S/C15H13F3N2O3S/c1-10-3-4-11-12(9-10)19(2)13(21)14(11)5-7-20(8-6-14)24(22,23)15(16,17)18/h3-9H,1-2H3. The van der Waals surface area contributed by atoms with Gasteiger partial charge in [-0.3, -0.25) is 4.79 Å². The predicted molar refractivity (Wildman–Crippen MR) is 81.4 cm³/mol. The maximum atomic E-state index is 12.6. The molecular formula is C15H13F3N2O3S. The second-order valence-corrected chi connectivity index (χ2v) is 7.50. The van der Waals surface area contributed by atoms with E-state index in [1.165, 1.54) is 17.1 Å². The largest absolute Gasteiger partial charge is 0.517 e. The monoisotopic (exact) mass is 358 g/mol. The van der Waals surface area contributed by atoms with Crippen LogP contribution in [-0.2, 0) is 20.2 Å². The summed E-state index contributed by atoms with van der Waals surface area (Å²) < 4.78 is 60.9. The van der Waals surface area contributed by atoms with Gasteiger partial charge in [-0.25, -0.2) is 4.31 Å². The number of nitrogens with zero attached hydrogens (tertiary/aromatic N) is 2. The van der Waals surface area contributed by atoms with Crippen LogP contribution in [0.15, 0.2) is 42.8 Å². The Kier molecular flexibility index (Phi) is 3.35. The van der Waals surface area contributed by atoms with E-state index in [0.717, 1.165) is 18.0 Å². The zero-order valence-corrected chi connectivity index (χ0v) is 13.5. The number of carbonyl (C=O) groups is 1. The highest BCUT2D eigenvalue weighted by atomic mass is 32.2. The molecule has 3 rings (SSSR count). The van der Waals surface area contributed by atoms with E-state index in [-0.39, 0.29) is 10.2 Å². The lowest BCUT2D eigenvalue weighted by Crippen LogP contribution is -2.40. The molecule has 0 bridgehead atoms. The van der Waals surface area contributed by atoms with Crippen molar-refractivity contribution in [3.8, 4) is 0 Å². The molecule has 1 aromatic carbocycles. The Morgan fingerprint density at radius 1 is 1.12 bits per heavy atom. The number of rotatable bonds is 1. The summed E-state index contributed by atoms with van der Waals surface area (Å²) >= 11 is 0. The van der Waals surface area contributed by atoms with Crippen molar-refractivity contribution in [2.75, 3.05) is 11.9 Å². The zero-order valence-electron chi connectivity index (χ0n) is 12.7. The molecule has 0 aliphatic carbocycles. The second kappa shape index (κ2) is 4.85. The van der Waals surface area contributed by atoms with E-state index in [9.17, 15) is 26.4 Å². The molecule has 0 atom stereocenters. The van der Waals surface area contributed by atoms with E-state index < -0.39 is 20.9 Å². The van der Waals surface area contributed by atoms with Crippen LogP contribution in [0.25, 0.3) is 0 Å². The molecule has 0 saturated carbocycles. The Labute approximate surface area is 136 Å². The Hall–Kier alpha value is -2.29. The van der Waals surface area contributed by atoms with Crippen molar-refractivity contribution >= 4 is 21.6 Å². The lowest BCUT2D eigenvalue weighted by atomic mass is 9.80. The maximum absolute atomic E-state index is 12.6. The first-order chi connectivity index (χ1) is 11.0. The molecule has 0 N–H and O–H groups in total. The first-order valence-electron chi connectivity index (χ1n) is 6.88. The number of halogens is 3. The lowest BCUT2D eigenvalue weighted by molar-refractivity contribution is -0.120. The van der Waals surface area contributed by atoms with Crippen LogP contribution >= 0.6 is 0 Å². The van der Waals surface area contributed by atoms with Gasteiger partial charge in [0, 0.05) is 25.1 Å². The number of aryl methyl sites for hydroxylation is 1. The minimum Gasteiger partial charge on any atom is -0.314 e.